The van der Waals surface area contributed by atoms with Crippen LogP contribution in [0.25, 0.3) is 0 Å². The summed E-state index contributed by atoms with van der Waals surface area (Å²) in [7, 11) is 9.03. The van der Waals surface area contributed by atoms with Crippen molar-refractivity contribution in [2.75, 3.05) is 58.7 Å². The summed E-state index contributed by atoms with van der Waals surface area (Å²) in [5.41, 5.74) is 4.06. The minimum Gasteiger partial charge on any atom is -0.497 e. The Kier molecular flexibility index (Phi) is 7.02. The predicted octanol–water partition coefficient (Wildman–Crippen LogP) is 2.05. The molecule has 1 unspecified atom stereocenters. The van der Waals surface area contributed by atoms with Crippen LogP contribution in [-0.2, 0) is 16.0 Å². The van der Waals surface area contributed by atoms with Crippen molar-refractivity contribution in [3.8, 4) is 11.5 Å². The maximum atomic E-state index is 12.4. The lowest BCUT2D eigenvalue weighted by Gasteiger charge is -2.26. The Hall–Kier alpha value is -3.26. The first kappa shape index (κ1) is 22.4. The lowest BCUT2D eigenvalue weighted by molar-refractivity contribution is -0.136. The number of rotatable bonds is 7. The maximum absolute atomic E-state index is 12.4. The molecule has 0 aromatic heterocycles. The highest BCUT2D eigenvalue weighted by molar-refractivity contribution is 6.39. The van der Waals surface area contributed by atoms with Gasteiger partial charge in [-0.3, -0.25) is 9.59 Å². The van der Waals surface area contributed by atoms with Crippen molar-refractivity contribution in [1.82, 2.24) is 10.2 Å². The van der Waals surface area contributed by atoms with Gasteiger partial charge in [-0.05, 0) is 49.8 Å². The Morgan fingerprint density at radius 2 is 1.87 bits per heavy atom. The minimum absolute atomic E-state index is 0.0523. The van der Waals surface area contributed by atoms with Crippen molar-refractivity contribution in [3.63, 3.8) is 0 Å². The first-order valence-electron chi connectivity index (χ1n) is 10.2. The molecule has 1 aliphatic heterocycles. The molecule has 0 fully saturated rings. The standard InChI is InChI=1S/C23H30N4O4/c1-26(2)20(15-6-9-19-16(12-15)10-11-27(19)3)14-24-22(28)23(29)25-18-8-7-17(30-4)13-21(18)31-5/h6-9,12-13,20H,10-11,14H2,1-5H3,(H,24,28)(H,25,29). The smallest absolute Gasteiger partial charge is 0.313 e. The largest absolute Gasteiger partial charge is 0.497 e. The number of nitrogens with zero attached hydrogens (tertiary/aromatic N) is 2. The Labute approximate surface area is 183 Å². The van der Waals surface area contributed by atoms with Crippen LogP contribution in [0.1, 0.15) is 17.2 Å². The number of anilines is 2. The van der Waals surface area contributed by atoms with Crippen molar-refractivity contribution in [2.45, 2.75) is 12.5 Å². The van der Waals surface area contributed by atoms with Gasteiger partial charge in [-0.25, -0.2) is 0 Å². The molecule has 0 aliphatic carbocycles. The minimum atomic E-state index is -0.753. The summed E-state index contributed by atoms with van der Waals surface area (Å²) in [6.07, 6.45) is 1.01. The van der Waals surface area contributed by atoms with Crippen LogP contribution in [0, 0.1) is 0 Å². The number of hydrogen-bond acceptors (Lipinski definition) is 6. The van der Waals surface area contributed by atoms with Crippen LogP contribution >= 0.6 is 0 Å². The summed E-state index contributed by atoms with van der Waals surface area (Å²) >= 11 is 0. The molecule has 0 saturated carbocycles. The fourth-order valence-corrected chi connectivity index (χ4v) is 3.74. The van der Waals surface area contributed by atoms with E-state index in [2.05, 4.69) is 40.8 Å². The average molecular weight is 427 g/mol. The van der Waals surface area contributed by atoms with Crippen LogP contribution in [-0.4, -0.2) is 65.2 Å². The molecule has 8 nitrogen and oxygen atoms in total. The van der Waals surface area contributed by atoms with Crippen LogP contribution in [0.4, 0.5) is 11.4 Å². The molecule has 1 atom stereocenters. The lowest BCUT2D eigenvalue weighted by Crippen LogP contribution is -2.40. The molecule has 2 N–H and O–H groups in total. The zero-order chi connectivity index (χ0) is 22.5. The van der Waals surface area contributed by atoms with Crippen molar-refractivity contribution in [1.29, 1.82) is 0 Å². The van der Waals surface area contributed by atoms with Gasteiger partial charge in [-0.15, -0.1) is 0 Å². The number of carbonyl (C=O) groups is 2. The SMILES string of the molecule is COc1ccc(NC(=O)C(=O)NCC(c2ccc3c(c2)CCN3C)N(C)C)c(OC)c1. The molecule has 2 amide bonds. The Morgan fingerprint density at radius 1 is 1.10 bits per heavy atom. The predicted molar refractivity (Wildman–Crippen MR) is 121 cm³/mol. The Balaban J connectivity index is 1.65. The number of hydrogen-bond donors (Lipinski definition) is 2. The lowest BCUT2D eigenvalue weighted by atomic mass is 10.0. The maximum Gasteiger partial charge on any atom is 0.313 e. The molecular weight excluding hydrogens is 396 g/mol. The molecule has 8 heteroatoms. The first-order valence-corrected chi connectivity index (χ1v) is 10.2. The van der Waals surface area contributed by atoms with Crippen molar-refractivity contribution < 1.29 is 19.1 Å². The molecule has 0 radical (unpaired) electrons. The van der Waals surface area contributed by atoms with E-state index in [-0.39, 0.29) is 6.04 Å². The highest BCUT2D eigenvalue weighted by Crippen LogP contribution is 2.31. The molecular formula is C23H30N4O4. The summed E-state index contributed by atoms with van der Waals surface area (Å²) < 4.78 is 10.4. The molecule has 0 bridgehead atoms. The molecule has 0 saturated heterocycles. The van der Waals surface area contributed by atoms with Crippen LogP contribution in [0.15, 0.2) is 36.4 Å². The van der Waals surface area contributed by atoms with Crippen LogP contribution in [0.5, 0.6) is 11.5 Å². The summed E-state index contributed by atoms with van der Waals surface area (Å²) in [5, 5.41) is 5.34. The summed E-state index contributed by atoms with van der Waals surface area (Å²) in [4.78, 5) is 29.1. The van der Waals surface area contributed by atoms with Gasteiger partial charge in [0.1, 0.15) is 11.5 Å². The fraction of sp³-hybridized carbons (Fsp3) is 0.391. The Bertz CT molecular complexity index is 961. The third kappa shape index (κ3) is 5.08. The zero-order valence-electron chi connectivity index (χ0n) is 18.7. The van der Waals surface area contributed by atoms with E-state index in [0.717, 1.165) is 18.5 Å². The molecule has 1 heterocycles. The normalized spacial score (nSPS) is 13.5. The molecule has 31 heavy (non-hydrogen) atoms. The third-order valence-corrected chi connectivity index (χ3v) is 5.56. The molecule has 2 aromatic rings. The van der Waals surface area contributed by atoms with Gasteiger partial charge in [-0.2, -0.15) is 0 Å². The zero-order valence-corrected chi connectivity index (χ0v) is 18.7. The number of nitrogens with one attached hydrogen (secondary N) is 2. The van der Waals surface area contributed by atoms with Gasteiger partial charge in [0.25, 0.3) is 0 Å². The van der Waals surface area contributed by atoms with E-state index in [1.165, 1.54) is 18.4 Å². The van der Waals surface area contributed by atoms with Gasteiger partial charge >= 0.3 is 11.8 Å². The van der Waals surface area contributed by atoms with Crippen LogP contribution in [0.2, 0.25) is 0 Å². The Morgan fingerprint density at radius 3 is 2.55 bits per heavy atom. The summed E-state index contributed by atoms with van der Waals surface area (Å²) in [6, 6.07) is 11.3. The number of ether oxygens (including phenoxy) is 2. The number of benzene rings is 2. The van der Waals surface area contributed by atoms with E-state index in [4.69, 9.17) is 9.47 Å². The monoisotopic (exact) mass is 426 g/mol. The van der Waals surface area contributed by atoms with E-state index in [1.807, 2.05) is 19.0 Å². The molecule has 1 aliphatic rings. The first-order chi connectivity index (χ1) is 14.8. The quantitative estimate of drug-likeness (QED) is 0.660. The van der Waals surface area contributed by atoms with Gasteiger partial charge in [0.05, 0.1) is 25.9 Å². The third-order valence-electron chi connectivity index (χ3n) is 5.56. The average Bonchev–Trinajstić information content (AvgIpc) is 3.13. The highest BCUT2D eigenvalue weighted by atomic mass is 16.5. The van der Waals surface area contributed by atoms with Crippen LogP contribution in [0.3, 0.4) is 0 Å². The van der Waals surface area contributed by atoms with E-state index >= 15 is 0 Å². The van der Waals surface area contributed by atoms with Gasteiger partial charge in [0, 0.05) is 31.9 Å². The molecule has 166 valence electrons. The molecule has 2 aromatic carbocycles. The van der Waals surface area contributed by atoms with Crippen molar-refractivity contribution in [2.24, 2.45) is 0 Å². The number of carbonyl (C=O) groups excluding carboxylic acids is 2. The number of amides is 2. The van der Waals surface area contributed by atoms with Crippen molar-refractivity contribution in [3.05, 3.63) is 47.5 Å². The number of methoxy groups -OCH3 is 2. The second kappa shape index (κ2) is 9.70. The van der Waals surface area contributed by atoms with Crippen molar-refractivity contribution >= 4 is 23.2 Å². The second-order valence-corrected chi connectivity index (χ2v) is 7.77. The van der Waals surface area contributed by atoms with Gasteiger partial charge in [0.15, 0.2) is 0 Å². The van der Waals surface area contributed by atoms with Gasteiger partial charge in [-0.1, -0.05) is 12.1 Å². The molecule has 0 spiro atoms. The molecule has 3 rings (SSSR count). The van der Waals surface area contributed by atoms with Gasteiger partial charge in [0.2, 0.25) is 0 Å². The van der Waals surface area contributed by atoms with E-state index < -0.39 is 11.8 Å². The highest BCUT2D eigenvalue weighted by Gasteiger charge is 2.22. The second-order valence-electron chi connectivity index (χ2n) is 7.77. The van der Waals surface area contributed by atoms with E-state index in [0.29, 0.717) is 23.7 Å². The van der Waals surface area contributed by atoms with E-state index in [9.17, 15) is 9.59 Å². The number of likely N-dealkylation sites (N-methyl/N-ethyl adjacent to an activating group) is 2. The summed E-state index contributed by atoms with van der Waals surface area (Å²) in [6.45, 7) is 1.32. The van der Waals surface area contributed by atoms with Gasteiger partial charge < -0.3 is 29.9 Å². The number of fused-ring (bicyclic) bond motifs is 1. The van der Waals surface area contributed by atoms with E-state index in [1.54, 1.807) is 25.3 Å². The topological polar surface area (TPSA) is 83.1 Å². The summed E-state index contributed by atoms with van der Waals surface area (Å²) in [5.74, 6) is -0.453. The van der Waals surface area contributed by atoms with Crippen LogP contribution < -0.4 is 25.0 Å². The fourth-order valence-electron chi connectivity index (χ4n) is 3.74.